The number of nitrogens with one attached hydrogen (secondary N) is 1. The van der Waals surface area contributed by atoms with Crippen molar-refractivity contribution in [3.63, 3.8) is 0 Å². The first kappa shape index (κ1) is 12.1. The van der Waals surface area contributed by atoms with Crippen LogP contribution < -0.4 is 5.32 Å². The van der Waals surface area contributed by atoms with E-state index in [1.807, 2.05) is 4.90 Å². The van der Waals surface area contributed by atoms with Gasteiger partial charge in [-0.25, -0.2) is 0 Å². The maximum absolute atomic E-state index is 12.3. The van der Waals surface area contributed by atoms with E-state index in [1.54, 1.807) is 30.5 Å². The summed E-state index contributed by atoms with van der Waals surface area (Å²) in [6.07, 6.45) is 0.931. The molecule has 0 bridgehead atoms. The maximum Gasteiger partial charge on any atom is 0.274 e. The van der Waals surface area contributed by atoms with E-state index in [-0.39, 0.29) is 5.91 Å². The normalized spacial score (nSPS) is 14.1. The van der Waals surface area contributed by atoms with Crippen molar-refractivity contribution in [3.8, 4) is 0 Å². The largest absolute Gasteiger partial charge is 0.372 e. The van der Waals surface area contributed by atoms with Crippen molar-refractivity contribution >= 4 is 23.1 Å². The van der Waals surface area contributed by atoms with Crippen LogP contribution in [0, 0.1) is 0 Å². The van der Waals surface area contributed by atoms with Crippen LogP contribution in [-0.4, -0.2) is 34.6 Å². The van der Waals surface area contributed by atoms with Crippen molar-refractivity contribution in [1.29, 1.82) is 0 Å². The molecule has 3 rings (SSSR count). The molecule has 0 radical (unpaired) electrons. The molecule has 0 saturated heterocycles. The van der Waals surface area contributed by atoms with Gasteiger partial charge in [-0.1, -0.05) is 0 Å². The lowest BCUT2D eigenvalue weighted by atomic mass is 10.1. The minimum absolute atomic E-state index is 0.0491. The summed E-state index contributed by atoms with van der Waals surface area (Å²) < 4.78 is 0. The Balaban J connectivity index is 1.77. The zero-order valence-electron chi connectivity index (χ0n) is 10.6. The van der Waals surface area contributed by atoms with E-state index >= 15 is 0 Å². The number of anilines is 1. The Morgan fingerprint density at radius 1 is 1.37 bits per heavy atom. The second-order valence-corrected chi connectivity index (χ2v) is 5.40. The third-order valence-corrected chi connectivity index (χ3v) is 4.26. The Kier molecular flexibility index (Phi) is 3.16. The van der Waals surface area contributed by atoms with Crippen molar-refractivity contribution in [1.82, 2.24) is 15.1 Å². The summed E-state index contributed by atoms with van der Waals surface area (Å²) in [5.41, 5.74) is 1.65. The van der Waals surface area contributed by atoms with E-state index in [0.29, 0.717) is 18.1 Å². The smallest absolute Gasteiger partial charge is 0.274 e. The fraction of sp³-hybridized carbons (Fsp3) is 0.308. The highest BCUT2D eigenvalue weighted by Crippen LogP contribution is 2.24. The van der Waals surface area contributed by atoms with Gasteiger partial charge in [0, 0.05) is 25.0 Å². The molecule has 3 heterocycles. The molecule has 0 fully saturated rings. The van der Waals surface area contributed by atoms with Crippen LogP contribution >= 0.6 is 11.3 Å². The number of thiophene rings is 1. The number of amides is 1. The Labute approximate surface area is 115 Å². The number of nitrogens with zero attached hydrogens (tertiary/aromatic N) is 3. The second-order valence-electron chi connectivity index (χ2n) is 4.40. The van der Waals surface area contributed by atoms with E-state index in [2.05, 4.69) is 27.0 Å². The molecule has 1 amide bonds. The molecule has 6 heteroatoms. The first-order valence-electron chi connectivity index (χ1n) is 6.14. The molecule has 0 atom stereocenters. The first-order chi connectivity index (χ1) is 9.28. The summed E-state index contributed by atoms with van der Waals surface area (Å²) in [6.45, 7) is 1.43. The van der Waals surface area contributed by atoms with Gasteiger partial charge in [0.25, 0.3) is 5.91 Å². The van der Waals surface area contributed by atoms with Crippen LogP contribution in [0.1, 0.15) is 20.9 Å². The minimum Gasteiger partial charge on any atom is -0.372 e. The summed E-state index contributed by atoms with van der Waals surface area (Å²) in [5.74, 6) is 0.613. The highest BCUT2D eigenvalue weighted by Gasteiger charge is 2.23. The monoisotopic (exact) mass is 274 g/mol. The molecule has 19 heavy (non-hydrogen) atoms. The molecule has 98 valence electrons. The van der Waals surface area contributed by atoms with Crippen molar-refractivity contribution in [2.45, 2.75) is 13.0 Å². The topological polar surface area (TPSA) is 58.1 Å². The lowest BCUT2D eigenvalue weighted by molar-refractivity contribution is 0.0729. The highest BCUT2D eigenvalue weighted by atomic mass is 32.1. The zero-order chi connectivity index (χ0) is 13.2. The molecule has 2 aromatic heterocycles. The van der Waals surface area contributed by atoms with Gasteiger partial charge in [-0.15, -0.1) is 21.5 Å². The van der Waals surface area contributed by atoms with Gasteiger partial charge in [-0.2, -0.15) is 0 Å². The van der Waals surface area contributed by atoms with Crippen molar-refractivity contribution in [3.05, 3.63) is 39.7 Å². The van der Waals surface area contributed by atoms with Gasteiger partial charge >= 0.3 is 0 Å². The molecule has 0 aromatic carbocycles. The number of aromatic nitrogens is 2. The molecular formula is C13H14N4OS. The Morgan fingerprint density at radius 2 is 2.26 bits per heavy atom. The minimum atomic E-state index is -0.0491. The fourth-order valence-corrected chi connectivity index (χ4v) is 3.05. The van der Waals surface area contributed by atoms with Crippen LogP contribution in [0.15, 0.2) is 23.6 Å². The molecule has 1 aliphatic heterocycles. The molecule has 0 aliphatic carbocycles. The van der Waals surface area contributed by atoms with Gasteiger partial charge in [-0.3, -0.25) is 4.79 Å². The number of rotatable bonds is 2. The van der Waals surface area contributed by atoms with Gasteiger partial charge in [0.2, 0.25) is 0 Å². The van der Waals surface area contributed by atoms with Gasteiger partial charge < -0.3 is 10.2 Å². The van der Waals surface area contributed by atoms with Crippen molar-refractivity contribution < 1.29 is 4.79 Å². The third-order valence-electron chi connectivity index (χ3n) is 3.23. The van der Waals surface area contributed by atoms with E-state index in [0.717, 1.165) is 13.0 Å². The molecule has 0 saturated carbocycles. The molecule has 0 spiro atoms. The second kappa shape index (κ2) is 4.97. The number of carbonyl (C=O) groups is 1. The lowest BCUT2D eigenvalue weighted by Crippen LogP contribution is -2.35. The summed E-state index contributed by atoms with van der Waals surface area (Å²) in [4.78, 5) is 15.6. The van der Waals surface area contributed by atoms with Crippen LogP contribution in [0.2, 0.25) is 0 Å². The summed E-state index contributed by atoms with van der Waals surface area (Å²) >= 11 is 1.77. The van der Waals surface area contributed by atoms with Crippen LogP contribution in [-0.2, 0) is 13.0 Å². The predicted octanol–water partition coefficient (Wildman–Crippen LogP) is 1.78. The predicted molar refractivity (Wildman–Crippen MR) is 74.3 cm³/mol. The Morgan fingerprint density at radius 3 is 3.00 bits per heavy atom. The SMILES string of the molecule is CNc1ccc(C(=O)N2CCc3sccc3C2)nn1. The standard InChI is InChI=1S/C13H14N4OS/c1-14-12-3-2-10(15-16-12)13(18)17-6-4-11-9(8-17)5-7-19-11/h2-3,5,7H,4,6,8H2,1H3,(H,14,16). The summed E-state index contributed by atoms with van der Waals surface area (Å²) in [6, 6.07) is 5.57. The molecule has 0 unspecified atom stereocenters. The van der Waals surface area contributed by atoms with Gasteiger partial charge in [0.15, 0.2) is 5.69 Å². The van der Waals surface area contributed by atoms with Crippen LogP contribution in [0.3, 0.4) is 0 Å². The molecule has 1 aliphatic rings. The summed E-state index contributed by atoms with van der Waals surface area (Å²) in [7, 11) is 1.77. The van der Waals surface area contributed by atoms with E-state index in [4.69, 9.17) is 0 Å². The highest BCUT2D eigenvalue weighted by molar-refractivity contribution is 7.10. The fourth-order valence-electron chi connectivity index (χ4n) is 2.16. The van der Waals surface area contributed by atoms with Gasteiger partial charge in [-0.05, 0) is 35.6 Å². The van der Waals surface area contributed by atoms with Crippen molar-refractivity contribution in [2.24, 2.45) is 0 Å². The van der Waals surface area contributed by atoms with E-state index in [1.165, 1.54) is 10.4 Å². The Hall–Kier alpha value is -1.95. The van der Waals surface area contributed by atoms with Crippen molar-refractivity contribution in [2.75, 3.05) is 18.9 Å². The average molecular weight is 274 g/mol. The quantitative estimate of drug-likeness (QED) is 0.907. The first-order valence-corrected chi connectivity index (χ1v) is 7.02. The van der Waals surface area contributed by atoms with Crippen LogP contribution in [0.25, 0.3) is 0 Å². The zero-order valence-corrected chi connectivity index (χ0v) is 11.4. The number of hydrogen-bond acceptors (Lipinski definition) is 5. The molecule has 5 nitrogen and oxygen atoms in total. The number of fused-ring (bicyclic) bond motifs is 1. The average Bonchev–Trinajstić information content (AvgIpc) is 2.94. The molecule has 2 aromatic rings. The number of hydrogen-bond donors (Lipinski definition) is 1. The van der Waals surface area contributed by atoms with Gasteiger partial charge in [0.05, 0.1) is 0 Å². The Bertz CT molecular complexity index is 593. The van der Waals surface area contributed by atoms with Crippen LogP contribution in [0.5, 0.6) is 0 Å². The van der Waals surface area contributed by atoms with Gasteiger partial charge in [0.1, 0.15) is 5.82 Å². The molecular weight excluding hydrogens is 260 g/mol. The number of carbonyl (C=O) groups excluding carboxylic acids is 1. The van der Waals surface area contributed by atoms with Crippen LogP contribution in [0.4, 0.5) is 5.82 Å². The maximum atomic E-state index is 12.3. The lowest BCUT2D eigenvalue weighted by Gasteiger charge is -2.26. The van der Waals surface area contributed by atoms with E-state index < -0.39 is 0 Å². The summed E-state index contributed by atoms with van der Waals surface area (Å²) in [5, 5.41) is 12.9. The third kappa shape index (κ3) is 2.31. The van der Waals surface area contributed by atoms with E-state index in [9.17, 15) is 4.79 Å². The molecule has 1 N–H and O–H groups in total.